The molecule has 4 amide bonds. The van der Waals surface area contributed by atoms with E-state index in [1.165, 1.54) is 16.0 Å². The van der Waals surface area contributed by atoms with E-state index in [-0.39, 0.29) is 126 Å². The van der Waals surface area contributed by atoms with Crippen LogP contribution in [0.3, 0.4) is 0 Å². The van der Waals surface area contributed by atoms with E-state index >= 15 is 0 Å². The summed E-state index contributed by atoms with van der Waals surface area (Å²) < 4.78 is 110. The number of carbonyl (C=O) groups is 4. The predicted molar refractivity (Wildman–Crippen MR) is 429 cm³/mol. The van der Waals surface area contributed by atoms with Crippen molar-refractivity contribution < 1.29 is 142 Å². The molecule has 25 nitrogen and oxygen atoms in total. The summed E-state index contributed by atoms with van der Waals surface area (Å²) in [6.45, 7) is 9.10. The zero-order chi connectivity index (χ0) is 80.2. The zero-order valence-corrected chi connectivity index (χ0v) is 71.5. The van der Waals surface area contributed by atoms with Crippen LogP contribution in [0.25, 0.3) is 22.3 Å². The summed E-state index contributed by atoms with van der Waals surface area (Å²) in [6, 6.07) is 44.5. The van der Waals surface area contributed by atoms with Crippen LogP contribution in [0.15, 0.2) is 180 Å². The number of hydrogen-bond acceptors (Lipinski definition) is 21. The van der Waals surface area contributed by atoms with Gasteiger partial charge < -0.3 is 73.8 Å². The predicted octanol–water partition coefficient (Wildman–Crippen LogP) is 7.85. The maximum Gasteiger partial charge on any atom is 1.00 e. The van der Waals surface area contributed by atoms with Crippen molar-refractivity contribution in [2.45, 2.75) is 102 Å². The first-order chi connectivity index (χ1) is 54.9. The fraction of sp³-hybridized carbons (Fsp3) is 0.276. The van der Waals surface area contributed by atoms with Crippen LogP contribution in [-0.2, 0) is 27.1 Å². The van der Waals surface area contributed by atoms with Crippen molar-refractivity contribution in [2.24, 2.45) is 9.98 Å². The Labute approximate surface area is 719 Å². The second-order valence-electron chi connectivity index (χ2n) is 28.6. The molecule has 0 aliphatic carbocycles. The number of methoxy groups -OCH3 is 4. The SMILES string of the molecule is COc1ccc(C2=CN3C(=O)c4cc(C)c(OCCCOc5cc6c(cc5OC)C(=O)N5C=C(c7ccc(C)cc7)C[C@@H]5C=N6)cc4N=C[C@@H]3C2)cc1.COc1ccc(C2=CN3C(=O)c4cc(C)c(OCCCOc5cc6c(cc5OC)C(=O)N5C=C(c7ccc(C)cc7)C[C@@H]5[CH-]C6)cc4NC(S(=O)(=O)[O-])[C@@H]3C2)cc1.O=S(=O)=O.[Na+].[Na+]. The molecule has 0 radical (unpaired) electrons. The van der Waals surface area contributed by atoms with Crippen LogP contribution in [0.4, 0.5) is 17.1 Å². The Morgan fingerprint density at radius 1 is 0.457 bits per heavy atom. The van der Waals surface area contributed by atoms with E-state index in [2.05, 4.69) is 74.1 Å². The smallest absolute Gasteiger partial charge is 0.746 e. The largest absolute Gasteiger partial charge is 1.00 e. The molecule has 0 fully saturated rings. The Morgan fingerprint density at radius 2 is 0.845 bits per heavy atom. The zero-order valence-electron chi connectivity index (χ0n) is 65.9. The normalized spacial score (nSPS) is 18.4. The molecule has 0 saturated carbocycles. The van der Waals surface area contributed by atoms with Crippen molar-refractivity contribution in [3.05, 3.63) is 249 Å². The molecule has 8 aliphatic rings. The molecule has 0 aromatic heterocycles. The van der Waals surface area contributed by atoms with Crippen LogP contribution in [0.2, 0.25) is 0 Å². The fourth-order valence-electron chi connectivity index (χ4n) is 15.1. The van der Waals surface area contributed by atoms with E-state index in [0.717, 1.165) is 67.8 Å². The minimum Gasteiger partial charge on any atom is -0.746 e. The molecule has 8 aliphatic heterocycles. The van der Waals surface area contributed by atoms with Crippen molar-refractivity contribution in [3.8, 4) is 46.0 Å². The number of benzene rings is 8. The van der Waals surface area contributed by atoms with Gasteiger partial charge in [-0.3, -0.25) is 29.2 Å². The summed E-state index contributed by atoms with van der Waals surface area (Å²) in [5, 5.41) is 1.29. The Kier molecular flexibility index (Phi) is 27.0. The van der Waals surface area contributed by atoms with Gasteiger partial charge in [-0.15, -0.1) is 12.6 Å². The molecule has 588 valence electrons. The maximum atomic E-state index is 13.9. The Bertz CT molecular complexity index is 5560. The summed E-state index contributed by atoms with van der Waals surface area (Å²) in [4.78, 5) is 71.2. The molecular weight excluding hydrogens is 1540 g/mol. The van der Waals surface area contributed by atoms with Gasteiger partial charge in [0.1, 0.15) is 38.5 Å². The van der Waals surface area contributed by atoms with Crippen LogP contribution >= 0.6 is 0 Å². The van der Waals surface area contributed by atoms with Gasteiger partial charge in [0.2, 0.25) is 0 Å². The van der Waals surface area contributed by atoms with Crippen LogP contribution in [-0.4, -0.2) is 166 Å². The van der Waals surface area contributed by atoms with Gasteiger partial charge in [0.15, 0.2) is 23.0 Å². The average Bonchev–Trinajstić information content (AvgIpc) is 1.63. The van der Waals surface area contributed by atoms with E-state index in [4.69, 9.17) is 60.5 Å². The number of aliphatic imine (C=N–C) groups is 2. The average molecular weight is 1620 g/mol. The van der Waals surface area contributed by atoms with Crippen LogP contribution < -0.4 is 102 Å². The topological polar surface area (TPSA) is 300 Å². The number of carbonyl (C=O) groups excluding carboxylic acids is 4. The van der Waals surface area contributed by atoms with Gasteiger partial charge >= 0.3 is 69.7 Å². The van der Waals surface area contributed by atoms with Crippen molar-refractivity contribution in [2.75, 3.05) is 60.2 Å². The van der Waals surface area contributed by atoms with Crippen molar-refractivity contribution in [1.29, 1.82) is 0 Å². The summed E-state index contributed by atoms with van der Waals surface area (Å²) in [5.41, 5.74) is 16.0. The molecule has 116 heavy (non-hydrogen) atoms. The van der Waals surface area contributed by atoms with Gasteiger partial charge in [-0.1, -0.05) is 95.5 Å². The number of nitrogens with zero attached hydrogens (tertiary/aromatic N) is 6. The Morgan fingerprint density at radius 3 is 1.33 bits per heavy atom. The van der Waals surface area contributed by atoms with Gasteiger partial charge in [0.05, 0.1) is 107 Å². The minimum absolute atomic E-state index is 0. The summed E-state index contributed by atoms with van der Waals surface area (Å²) >= 11 is 0. The first kappa shape index (κ1) is 85.1. The van der Waals surface area contributed by atoms with Crippen LogP contribution in [0, 0.1) is 34.1 Å². The van der Waals surface area contributed by atoms with Gasteiger partial charge in [0.25, 0.3) is 23.6 Å². The van der Waals surface area contributed by atoms with Crippen LogP contribution in [0.1, 0.15) is 130 Å². The summed E-state index contributed by atoms with van der Waals surface area (Å²) in [5.74, 6) is 3.79. The van der Waals surface area contributed by atoms with Crippen molar-refractivity contribution >= 4 is 96.1 Å². The number of aryl methyl sites for hydroxylation is 4. The third-order valence-corrected chi connectivity index (χ3v) is 22.2. The van der Waals surface area contributed by atoms with Crippen molar-refractivity contribution in [3.63, 3.8) is 0 Å². The second-order valence-corrected chi connectivity index (χ2v) is 30.5. The van der Waals surface area contributed by atoms with E-state index in [0.29, 0.717) is 119 Å². The third-order valence-electron chi connectivity index (χ3n) is 21.2. The molecule has 8 heterocycles. The number of hydrogen-bond donors (Lipinski definition) is 1. The van der Waals surface area contributed by atoms with Gasteiger partial charge in [0, 0.05) is 86.7 Å². The van der Waals surface area contributed by atoms with E-state index in [9.17, 15) is 32.1 Å². The molecule has 0 saturated heterocycles. The van der Waals surface area contributed by atoms with E-state index in [1.54, 1.807) is 93.8 Å². The molecule has 0 bridgehead atoms. The first-order valence-electron chi connectivity index (χ1n) is 37.1. The number of rotatable bonds is 21. The molecule has 5 atom stereocenters. The Hall–Kier alpha value is -10.3. The minimum atomic E-state index is -4.90. The number of amides is 4. The van der Waals surface area contributed by atoms with Crippen molar-refractivity contribution in [1.82, 2.24) is 19.6 Å². The van der Waals surface area contributed by atoms with Gasteiger partial charge in [-0.25, -0.2) is 8.42 Å². The molecular formula is C87H83N7Na2O18S2. The summed E-state index contributed by atoms with van der Waals surface area (Å²) in [7, 11) is -1.70. The van der Waals surface area contributed by atoms with Gasteiger partial charge in [-0.2, -0.15) is 6.42 Å². The molecule has 16 rings (SSSR count). The molecule has 8 aromatic carbocycles. The van der Waals surface area contributed by atoms with Crippen LogP contribution in [0.5, 0.6) is 46.0 Å². The van der Waals surface area contributed by atoms with E-state index in [1.807, 2.05) is 97.5 Å². The number of nitrogens with one attached hydrogen (secondary N) is 1. The first-order valence-corrected chi connectivity index (χ1v) is 39.6. The number of anilines is 1. The monoisotopic (exact) mass is 1620 g/mol. The molecule has 29 heteroatoms. The van der Waals surface area contributed by atoms with E-state index < -0.39 is 38.0 Å². The number of fused-ring (bicyclic) bond motifs is 8. The second kappa shape index (κ2) is 36.9. The van der Waals surface area contributed by atoms with Gasteiger partial charge in [-0.05, 0) is 151 Å². The fourth-order valence-corrected chi connectivity index (χ4v) is 16.0. The molecule has 0 spiro atoms. The number of ether oxygens (including phenoxy) is 8. The Balaban J connectivity index is 0.000000202. The summed E-state index contributed by atoms with van der Waals surface area (Å²) in [6.07, 6.45) is 17.3. The standard InChI is InChI=1S/C44H44N3O9S.C43H40N4O6.2Na.O3S/c1-26-6-8-28(9-7-26)31-19-33-13-10-30-21-41(40(54-4)22-35(30)43(48)46(33)24-31)56-17-5-16-55-39-23-37-36(18-27(39)2)44(49)47-25-32(29-11-14-34(53-3)15-12-29)20-38(47)42(45-37)57(50,51)52;1-26-6-8-28(9-7-26)30-17-33-23-45-38-21-41(40(51-4)19-36(38)43(49)47(33)24-30)53-15-5-14-52-39-20-37-35(16-27(39)2)42(48)46-25-31(18-32(46)22-44-37)29-10-12-34(50-3)13-11-29;;;1-4(2)3/h6-9,11-15,18,21-25,33,38,42,45H,5,10,16-17,19-20H2,1-4H3,(H,50,51,52);6-13,16,19-25,32-33H,5,14-15,17-18H2,1-4H3;;;/q-1;;2*+1;/p-1/t33-,38-,42?;32-,33+;;;/m00.../s1. The maximum absolute atomic E-state index is 13.9. The molecule has 8 aromatic rings. The third kappa shape index (κ3) is 18.6. The molecule has 1 unspecified atom stereocenters. The molecule has 1 N–H and O–H groups in total. The quantitative estimate of drug-likeness (QED) is 0.0310.